The molecule has 1 spiro atoms. The molecule has 2 aliphatic heterocycles. The van der Waals surface area contributed by atoms with E-state index in [1.165, 1.54) is 67.0 Å². The van der Waals surface area contributed by atoms with E-state index >= 15 is 0 Å². The van der Waals surface area contributed by atoms with Crippen LogP contribution in [0.3, 0.4) is 0 Å². The minimum absolute atomic E-state index is 0.159. The number of Topliss-reactive ketones (excluding diaryl/α,β-unsaturated/α-hetero) is 1. The van der Waals surface area contributed by atoms with Crippen molar-refractivity contribution in [1.82, 2.24) is 4.57 Å². The summed E-state index contributed by atoms with van der Waals surface area (Å²) in [4.78, 5) is 13.8. The molecule has 11 atom stereocenters. The maximum absolute atomic E-state index is 13.8. The van der Waals surface area contributed by atoms with Gasteiger partial charge in [-0.3, -0.25) is 4.79 Å². The molecule has 10 rings (SSSR count). The lowest BCUT2D eigenvalue weighted by atomic mass is 9.46. The highest BCUT2D eigenvalue weighted by atomic mass is 16.7. The zero-order valence-corrected chi connectivity index (χ0v) is 32.9. The van der Waals surface area contributed by atoms with E-state index in [1.54, 1.807) is 5.57 Å². The number of fused-ring (bicyclic) bond motifs is 9. The first kappa shape index (κ1) is 34.2. The summed E-state index contributed by atoms with van der Waals surface area (Å²) < 4.78 is 18.4. The van der Waals surface area contributed by atoms with Crippen molar-refractivity contribution >= 4 is 27.6 Å². The third-order valence-electron chi connectivity index (χ3n) is 16.6. The van der Waals surface area contributed by atoms with Gasteiger partial charge in [-0.25, -0.2) is 9.13 Å². The molecule has 1 aromatic heterocycles. The lowest BCUT2D eigenvalue weighted by Gasteiger charge is -2.58. The van der Waals surface area contributed by atoms with Gasteiger partial charge in [-0.15, -0.1) is 0 Å². The fourth-order valence-corrected chi connectivity index (χ4v) is 13.4. The number of carbonyl (C=O) groups is 1. The summed E-state index contributed by atoms with van der Waals surface area (Å²) in [6, 6.07) is 19.5. The molecule has 3 aromatic carbocycles. The lowest BCUT2D eigenvalue weighted by molar-refractivity contribution is -0.658. The molecule has 3 saturated carbocycles. The highest BCUT2D eigenvalue weighted by Gasteiger charge is 2.68. The summed E-state index contributed by atoms with van der Waals surface area (Å²) in [7, 11) is 0. The van der Waals surface area contributed by atoms with Crippen molar-refractivity contribution in [3.05, 3.63) is 89.3 Å². The van der Waals surface area contributed by atoms with Crippen LogP contribution in [0.5, 0.6) is 0 Å². The van der Waals surface area contributed by atoms with Crippen LogP contribution < -0.4 is 4.57 Å². The summed E-state index contributed by atoms with van der Waals surface area (Å²) >= 11 is 0. The third kappa shape index (κ3) is 5.08. The van der Waals surface area contributed by atoms with E-state index in [9.17, 15) is 4.79 Å². The van der Waals surface area contributed by atoms with Gasteiger partial charge in [0.25, 0.3) is 0 Å². The second-order valence-corrected chi connectivity index (χ2v) is 19.2. The largest absolute Gasteiger partial charge is 0.349 e. The topological polar surface area (TPSA) is 44.3 Å². The molecule has 0 bridgehead atoms. The van der Waals surface area contributed by atoms with Gasteiger partial charge < -0.3 is 9.47 Å². The Labute approximate surface area is 316 Å². The van der Waals surface area contributed by atoms with Crippen molar-refractivity contribution in [3.63, 3.8) is 0 Å². The minimum atomic E-state index is -0.335. The van der Waals surface area contributed by atoms with Crippen molar-refractivity contribution in [3.8, 4) is 0 Å². The number of benzene rings is 3. The van der Waals surface area contributed by atoms with Gasteiger partial charge in [-0.1, -0.05) is 75.7 Å². The zero-order valence-electron chi connectivity index (χ0n) is 32.9. The fourth-order valence-electron chi connectivity index (χ4n) is 13.4. The van der Waals surface area contributed by atoms with Crippen LogP contribution in [0.15, 0.2) is 72.6 Å². The highest BCUT2D eigenvalue weighted by molar-refractivity contribution is 5.99. The molecule has 3 heterocycles. The highest BCUT2D eigenvalue weighted by Crippen LogP contribution is 2.71. The Hall–Kier alpha value is -3.28. The van der Waals surface area contributed by atoms with Crippen LogP contribution in [-0.4, -0.2) is 28.8 Å². The lowest BCUT2D eigenvalue weighted by Crippen LogP contribution is -2.52. The Bertz CT molecular complexity index is 2150. The number of rotatable bonds is 4. The number of imidazole rings is 1. The maximum Gasteiger partial charge on any atom is 0.245 e. The molecule has 0 N–H and O–H groups in total. The van der Waals surface area contributed by atoms with Crippen LogP contribution in [-0.2, 0) is 16.0 Å². The number of carbonyl (C=O) groups excluding carboxylic acids is 1. The maximum atomic E-state index is 13.8. The number of aryl methyl sites for hydroxylation is 2. The molecular weight excluding hydrogens is 653 g/mol. The zero-order chi connectivity index (χ0) is 36.4. The number of hydrogen-bond donors (Lipinski definition) is 0. The van der Waals surface area contributed by atoms with E-state index < -0.39 is 0 Å². The van der Waals surface area contributed by atoms with Crippen molar-refractivity contribution in [2.45, 2.75) is 124 Å². The van der Waals surface area contributed by atoms with Crippen LogP contribution in [0.1, 0.15) is 113 Å². The quantitative estimate of drug-likeness (QED) is 0.120. The molecule has 0 radical (unpaired) electrons. The Morgan fingerprint density at radius 1 is 0.925 bits per heavy atom. The molecule has 5 heteroatoms. The molecule has 0 amide bonds. The fraction of sp³-hybridized carbons (Fsp3) is 0.583. The Balaban J connectivity index is 0.912. The van der Waals surface area contributed by atoms with Gasteiger partial charge in [0, 0.05) is 24.3 Å². The van der Waals surface area contributed by atoms with E-state index in [1.807, 2.05) is 12.1 Å². The number of nitrogens with zero attached hydrogens (tertiary/aromatic N) is 2. The van der Waals surface area contributed by atoms with E-state index in [-0.39, 0.29) is 17.0 Å². The van der Waals surface area contributed by atoms with Crippen molar-refractivity contribution in [2.24, 2.45) is 46.3 Å². The number of ketones is 1. The Morgan fingerprint density at radius 3 is 2.55 bits per heavy atom. The first-order valence-corrected chi connectivity index (χ1v) is 21.0. The predicted octanol–water partition coefficient (Wildman–Crippen LogP) is 10.5. The first-order chi connectivity index (χ1) is 25.5. The third-order valence-corrected chi connectivity index (χ3v) is 16.6. The summed E-state index contributed by atoms with van der Waals surface area (Å²) in [5, 5.41) is 2.28. The molecular formula is C48H59N2O3+. The molecule has 4 aliphatic carbocycles. The standard InChI is InChI=1S/C48H59N2O3/c1-29-15-20-48(52-27-29)32(4)45-44(53-48)25-40-38-14-13-36-24-37(16-18-46(36,5)39(38)17-19-47(40,45)6)50-28-49(41-21-30(2)31(3)22-42(41)50)26-43(51)35-12-11-33-9-7-8-10-34(33)23-35/h7-13,21-23,28-29,32,37-40,44-45H,14-20,24-27H2,1-6H3/q+1/t29-,32+,37-,38-,39+,40+,44+,45+,46+,47+,48-/m1/s1. The number of allylic oxidation sites excluding steroid dienone is 2. The molecule has 6 aliphatic rings. The van der Waals surface area contributed by atoms with E-state index in [0.717, 1.165) is 53.7 Å². The number of ether oxygens (including phenoxy) is 2. The van der Waals surface area contributed by atoms with Crippen molar-refractivity contribution < 1.29 is 18.8 Å². The molecule has 4 aromatic rings. The molecule has 2 saturated heterocycles. The molecule has 5 fully saturated rings. The minimum Gasteiger partial charge on any atom is -0.349 e. The van der Waals surface area contributed by atoms with Gasteiger partial charge in [0.05, 0.1) is 12.7 Å². The summed E-state index contributed by atoms with van der Waals surface area (Å²) in [6.07, 6.45) is 16.3. The average molecular weight is 712 g/mol. The Morgan fingerprint density at radius 2 is 1.74 bits per heavy atom. The van der Waals surface area contributed by atoms with E-state index in [4.69, 9.17) is 9.47 Å². The predicted molar refractivity (Wildman–Crippen MR) is 211 cm³/mol. The number of hydrogen-bond acceptors (Lipinski definition) is 3. The van der Waals surface area contributed by atoms with E-state index in [0.29, 0.717) is 41.9 Å². The normalized spacial score (nSPS) is 39.1. The monoisotopic (exact) mass is 711 g/mol. The molecule has 53 heavy (non-hydrogen) atoms. The van der Waals surface area contributed by atoms with Gasteiger partial charge in [-0.05, 0) is 139 Å². The summed E-state index contributed by atoms with van der Waals surface area (Å²) in [5.41, 5.74) is 8.11. The SMILES string of the molecule is Cc1cc2c(cc1C)[n+](CC(=O)c1ccc3ccccc3c1)cn2[C@@H]1CC[C@@]2(C)C(=CC[C@H]3[C@@H]4C[C@@H]5O[C@]6(CC[C@@H](C)CO6)[C@@H](C)[C@@H]5[C@@]4(C)CC[C@@H]32)C1. The van der Waals surface area contributed by atoms with Crippen LogP contribution >= 0.6 is 0 Å². The van der Waals surface area contributed by atoms with Gasteiger partial charge in [0.2, 0.25) is 12.1 Å². The second kappa shape index (κ2) is 12.1. The Kier molecular flexibility index (Phi) is 7.82. The van der Waals surface area contributed by atoms with Crippen molar-refractivity contribution in [2.75, 3.05) is 6.61 Å². The van der Waals surface area contributed by atoms with Crippen LogP contribution in [0.25, 0.3) is 21.8 Å². The smallest absolute Gasteiger partial charge is 0.245 e. The molecule has 0 unspecified atom stereocenters. The van der Waals surface area contributed by atoms with Crippen LogP contribution in [0, 0.1) is 60.2 Å². The summed E-state index contributed by atoms with van der Waals surface area (Å²) in [5.74, 6) is 3.81. The second-order valence-electron chi connectivity index (χ2n) is 19.2. The number of aromatic nitrogens is 2. The van der Waals surface area contributed by atoms with Gasteiger partial charge in [-0.2, -0.15) is 0 Å². The summed E-state index contributed by atoms with van der Waals surface area (Å²) in [6.45, 7) is 15.7. The van der Waals surface area contributed by atoms with Crippen molar-refractivity contribution in [1.29, 1.82) is 0 Å². The van der Waals surface area contributed by atoms with Gasteiger partial charge in [0.15, 0.2) is 23.4 Å². The van der Waals surface area contributed by atoms with Gasteiger partial charge >= 0.3 is 0 Å². The average Bonchev–Trinajstić information content (AvgIpc) is 3.74. The first-order valence-electron chi connectivity index (χ1n) is 21.0. The van der Waals surface area contributed by atoms with Crippen LogP contribution in [0.2, 0.25) is 0 Å². The molecule has 278 valence electrons. The van der Waals surface area contributed by atoms with Gasteiger partial charge in [0.1, 0.15) is 6.04 Å². The van der Waals surface area contributed by atoms with E-state index in [2.05, 4.69) is 106 Å². The van der Waals surface area contributed by atoms with Crippen LogP contribution in [0.4, 0.5) is 0 Å². The molecule has 5 nitrogen and oxygen atoms in total.